The second-order valence-electron chi connectivity index (χ2n) is 7.07. The highest BCUT2D eigenvalue weighted by molar-refractivity contribution is 14.0. The van der Waals surface area contributed by atoms with Gasteiger partial charge in [0.25, 0.3) is 0 Å². The van der Waals surface area contributed by atoms with Crippen LogP contribution in [-0.2, 0) is 6.54 Å². The Kier molecular flexibility index (Phi) is 8.91. The minimum atomic E-state index is 0. The van der Waals surface area contributed by atoms with Gasteiger partial charge in [0.15, 0.2) is 5.96 Å². The molecule has 1 aromatic carbocycles. The Morgan fingerprint density at radius 1 is 1.26 bits per heavy atom. The van der Waals surface area contributed by atoms with Gasteiger partial charge in [0.05, 0.1) is 17.3 Å². The van der Waals surface area contributed by atoms with E-state index >= 15 is 0 Å². The Morgan fingerprint density at radius 3 is 2.87 bits per heavy atom. The topological polar surface area (TPSA) is 65.4 Å². The van der Waals surface area contributed by atoms with Crippen molar-refractivity contribution in [2.24, 2.45) is 4.99 Å². The summed E-state index contributed by atoms with van der Waals surface area (Å²) in [6.45, 7) is 5.19. The van der Waals surface area contributed by atoms with E-state index in [1.165, 1.54) is 0 Å². The normalized spacial score (nSPS) is 16.1. The molecule has 1 fully saturated rings. The molecule has 0 spiro atoms. The Balaban J connectivity index is 0.00000272. The van der Waals surface area contributed by atoms with Gasteiger partial charge in [0.1, 0.15) is 10.8 Å². The lowest BCUT2D eigenvalue weighted by Crippen LogP contribution is -2.44. The van der Waals surface area contributed by atoms with Gasteiger partial charge in [-0.1, -0.05) is 41.9 Å². The molecule has 1 aliphatic heterocycles. The standard InChI is InChI=1S/C22H25ClN6S.HI/c1-2-24-22(26-13-20-28-19(15-30-20)16-7-4-3-5-8-16)27-17-10-12-29(14-17)21-18(23)9-6-11-25-21;/h3-9,11,15,17H,2,10,12-14H2,1H3,(H2,24,26,27);1H. The predicted octanol–water partition coefficient (Wildman–Crippen LogP) is 4.81. The van der Waals surface area contributed by atoms with Crippen LogP contribution in [0.15, 0.2) is 59.0 Å². The summed E-state index contributed by atoms with van der Waals surface area (Å²) in [6, 6.07) is 14.3. The van der Waals surface area contributed by atoms with Crippen molar-refractivity contribution in [3.05, 3.63) is 64.1 Å². The lowest BCUT2D eigenvalue weighted by Gasteiger charge is -2.20. The van der Waals surface area contributed by atoms with E-state index in [2.05, 4.69) is 45.0 Å². The summed E-state index contributed by atoms with van der Waals surface area (Å²) in [5.41, 5.74) is 2.13. The van der Waals surface area contributed by atoms with Crippen molar-refractivity contribution in [1.82, 2.24) is 20.6 Å². The monoisotopic (exact) mass is 568 g/mol. The van der Waals surface area contributed by atoms with E-state index in [0.29, 0.717) is 11.6 Å². The molecule has 2 N–H and O–H groups in total. The van der Waals surface area contributed by atoms with Crippen molar-refractivity contribution in [3.63, 3.8) is 0 Å². The fourth-order valence-corrected chi connectivity index (χ4v) is 4.43. The average Bonchev–Trinajstić information content (AvgIpc) is 3.43. The highest BCUT2D eigenvalue weighted by Crippen LogP contribution is 2.26. The van der Waals surface area contributed by atoms with E-state index in [1.807, 2.05) is 30.3 Å². The summed E-state index contributed by atoms with van der Waals surface area (Å²) in [5, 5.41) is 10.7. The zero-order valence-corrected chi connectivity index (χ0v) is 21.2. The molecule has 2 aromatic heterocycles. The van der Waals surface area contributed by atoms with Gasteiger partial charge in [-0.2, -0.15) is 0 Å². The third-order valence-electron chi connectivity index (χ3n) is 4.91. The Labute approximate surface area is 209 Å². The largest absolute Gasteiger partial charge is 0.357 e. The summed E-state index contributed by atoms with van der Waals surface area (Å²) in [7, 11) is 0. The van der Waals surface area contributed by atoms with Crippen LogP contribution in [0.3, 0.4) is 0 Å². The molecular weight excluding hydrogens is 543 g/mol. The summed E-state index contributed by atoms with van der Waals surface area (Å²) in [4.78, 5) is 16.1. The van der Waals surface area contributed by atoms with Gasteiger partial charge in [-0.25, -0.2) is 15.0 Å². The SMILES string of the molecule is CCNC(=NCc1nc(-c2ccccc2)cs1)NC1CCN(c2ncccc2Cl)C1.I. The fraction of sp³-hybridized carbons (Fsp3) is 0.318. The van der Waals surface area contributed by atoms with Crippen LogP contribution < -0.4 is 15.5 Å². The first-order valence-corrected chi connectivity index (χ1v) is 11.4. The minimum absolute atomic E-state index is 0. The Bertz CT molecular complexity index is 996. The summed E-state index contributed by atoms with van der Waals surface area (Å²) in [5.74, 6) is 1.66. The molecule has 1 atom stereocenters. The van der Waals surface area contributed by atoms with Crippen LogP contribution in [0.1, 0.15) is 18.4 Å². The molecule has 3 heterocycles. The maximum absolute atomic E-state index is 6.30. The molecule has 4 rings (SSSR count). The summed E-state index contributed by atoms with van der Waals surface area (Å²) in [6.07, 6.45) is 2.79. The van der Waals surface area contributed by atoms with Crippen molar-refractivity contribution in [1.29, 1.82) is 0 Å². The van der Waals surface area contributed by atoms with Crippen molar-refractivity contribution in [2.75, 3.05) is 24.5 Å². The second-order valence-corrected chi connectivity index (χ2v) is 8.42. The van der Waals surface area contributed by atoms with E-state index in [1.54, 1.807) is 17.5 Å². The second kappa shape index (κ2) is 11.6. The Hall–Kier alpha value is -1.91. The number of hydrogen-bond acceptors (Lipinski definition) is 5. The number of halogens is 2. The van der Waals surface area contributed by atoms with Gasteiger partial charge in [0, 0.05) is 42.8 Å². The Morgan fingerprint density at radius 2 is 2.10 bits per heavy atom. The number of hydrogen-bond donors (Lipinski definition) is 2. The van der Waals surface area contributed by atoms with Gasteiger partial charge in [-0.05, 0) is 25.5 Å². The molecule has 1 saturated heterocycles. The maximum Gasteiger partial charge on any atom is 0.191 e. The number of aliphatic imine (C=N–C) groups is 1. The van der Waals surface area contributed by atoms with Crippen LogP contribution in [0.2, 0.25) is 5.02 Å². The molecule has 0 radical (unpaired) electrons. The van der Waals surface area contributed by atoms with E-state index in [0.717, 1.165) is 54.1 Å². The third-order valence-corrected chi connectivity index (χ3v) is 6.03. The minimum Gasteiger partial charge on any atom is -0.357 e. The van der Waals surface area contributed by atoms with Gasteiger partial charge in [-0.3, -0.25) is 0 Å². The highest BCUT2D eigenvalue weighted by atomic mass is 127. The zero-order chi connectivity index (χ0) is 20.8. The number of benzene rings is 1. The predicted molar refractivity (Wildman–Crippen MR) is 141 cm³/mol. The van der Waals surface area contributed by atoms with Crippen LogP contribution in [0.25, 0.3) is 11.3 Å². The van der Waals surface area contributed by atoms with E-state index in [-0.39, 0.29) is 30.0 Å². The average molecular weight is 569 g/mol. The molecule has 0 aliphatic carbocycles. The molecule has 3 aromatic rings. The maximum atomic E-state index is 6.30. The van der Waals surface area contributed by atoms with Gasteiger partial charge in [-0.15, -0.1) is 35.3 Å². The van der Waals surface area contributed by atoms with Crippen LogP contribution in [0.4, 0.5) is 5.82 Å². The molecule has 1 aliphatic rings. The molecule has 0 amide bonds. The molecule has 6 nitrogen and oxygen atoms in total. The highest BCUT2D eigenvalue weighted by Gasteiger charge is 2.25. The van der Waals surface area contributed by atoms with Crippen molar-refractivity contribution in [2.45, 2.75) is 25.9 Å². The first kappa shape index (κ1) is 23.7. The fourth-order valence-electron chi connectivity index (χ4n) is 3.47. The zero-order valence-electron chi connectivity index (χ0n) is 17.3. The molecule has 0 bridgehead atoms. The van der Waals surface area contributed by atoms with E-state index in [9.17, 15) is 0 Å². The summed E-state index contributed by atoms with van der Waals surface area (Å²) < 4.78 is 0. The quantitative estimate of drug-likeness (QED) is 0.254. The molecule has 31 heavy (non-hydrogen) atoms. The van der Waals surface area contributed by atoms with Crippen LogP contribution >= 0.6 is 46.9 Å². The lowest BCUT2D eigenvalue weighted by atomic mass is 10.2. The molecule has 164 valence electrons. The lowest BCUT2D eigenvalue weighted by molar-refractivity contribution is 0.648. The van der Waals surface area contributed by atoms with Crippen LogP contribution in [-0.4, -0.2) is 41.6 Å². The number of nitrogens with zero attached hydrogens (tertiary/aromatic N) is 4. The first-order valence-electron chi connectivity index (χ1n) is 10.1. The smallest absolute Gasteiger partial charge is 0.191 e. The van der Waals surface area contributed by atoms with Crippen molar-refractivity contribution >= 4 is 58.7 Å². The van der Waals surface area contributed by atoms with E-state index < -0.39 is 0 Å². The van der Waals surface area contributed by atoms with Crippen molar-refractivity contribution in [3.8, 4) is 11.3 Å². The van der Waals surface area contributed by atoms with Gasteiger partial charge >= 0.3 is 0 Å². The number of guanidine groups is 1. The number of aromatic nitrogens is 2. The van der Waals surface area contributed by atoms with E-state index in [4.69, 9.17) is 21.6 Å². The van der Waals surface area contributed by atoms with Crippen LogP contribution in [0, 0.1) is 0 Å². The molecule has 0 saturated carbocycles. The molecule has 1 unspecified atom stereocenters. The number of rotatable bonds is 6. The molecule has 9 heteroatoms. The first-order chi connectivity index (χ1) is 14.7. The third kappa shape index (κ3) is 6.30. The molecular formula is C22H26ClIN6S. The number of anilines is 1. The van der Waals surface area contributed by atoms with Crippen molar-refractivity contribution < 1.29 is 0 Å². The van der Waals surface area contributed by atoms with Gasteiger partial charge < -0.3 is 15.5 Å². The number of thiazole rings is 1. The van der Waals surface area contributed by atoms with Gasteiger partial charge in [0.2, 0.25) is 0 Å². The number of nitrogens with one attached hydrogen (secondary N) is 2. The van der Waals surface area contributed by atoms with Crippen LogP contribution in [0.5, 0.6) is 0 Å². The summed E-state index contributed by atoms with van der Waals surface area (Å²) >= 11 is 7.95. The number of pyridine rings is 1.